The number of hydrogen-bond donors (Lipinski definition) is 5. The fourth-order valence-electron chi connectivity index (χ4n) is 13.2. The molecule has 27 heteroatoms. The van der Waals surface area contributed by atoms with Crippen LogP contribution in [0.15, 0.2) is 155 Å². The van der Waals surface area contributed by atoms with Crippen LogP contribution in [0.5, 0.6) is 28.7 Å². The van der Waals surface area contributed by atoms with Crippen LogP contribution in [0, 0.1) is 11.8 Å². The highest BCUT2D eigenvalue weighted by Gasteiger charge is 2.37. The summed E-state index contributed by atoms with van der Waals surface area (Å²) in [6.45, 7) is 11.4. The van der Waals surface area contributed by atoms with E-state index in [1.165, 1.54) is 23.8 Å². The largest absolute Gasteiger partial charge is 0.493 e. The van der Waals surface area contributed by atoms with Gasteiger partial charge < -0.3 is 74.1 Å². The van der Waals surface area contributed by atoms with Crippen LogP contribution in [-0.2, 0) is 62.5 Å². The third-order valence-electron chi connectivity index (χ3n) is 19.5. The van der Waals surface area contributed by atoms with E-state index in [9.17, 15) is 38.4 Å². The molecule has 578 valence electrons. The van der Waals surface area contributed by atoms with Gasteiger partial charge in [-0.2, -0.15) is 0 Å². The molecule has 6 aromatic carbocycles. The minimum atomic E-state index is -0.931. The third-order valence-corrected chi connectivity index (χ3v) is 19.5. The number of benzene rings is 6. The van der Waals surface area contributed by atoms with Crippen LogP contribution >= 0.6 is 0 Å². The van der Waals surface area contributed by atoms with Gasteiger partial charge in [0.25, 0.3) is 17.7 Å². The van der Waals surface area contributed by atoms with Crippen molar-refractivity contribution in [1.82, 2.24) is 20.4 Å². The molecule has 6 N–H and O–H groups in total. The van der Waals surface area contributed by atoms with Crippen LogP contribution in [0.2, 0.25) is 0 Å². The number of ether oxygens (including phenoxy) is 9. The highest BCUT2D eigenvalue weighted by Crippen LogP contribution is 2.43. The Morgan fingerprint density at radius 3 is 1.85 bits per heavy atom. The summed E-state index contributed by atoms with van der Waals surface area (Å²) in [5.41, 5.74) is 16.4. The first-order valence-corrected chi connectivity index (χ1v) is 36.9. The summed E-state index contributed by atoms with van der Waals surface area (Å²) in [7, 11) is 3.16. The van der Waals surface area contributed by atoms with Crippen LogP contribution in [0.25, 0.3) is 11.1 Å². The van der Waals surface area contributed by atoms with Crippen molar-refractivity contribution < 1.29 is 81.0 Å². The fraction of sp³-hybridized carbons (Fsp3) is 0.373. The Balaban J connectivity index is 0.578. The van der Waals surface area contributed by atoms with Crippen molar-refractivity contribution in [2.45, 2.75) is 111 Å². The maximum atomic E-state index is 14.2. The number of imide groups is 1. The van der Waals surface area contributed by atoms with Crippen molar-refractivity contribution in [2.75, 3.05) is 95.8 Å². The molecule has 0 fully saturated rings. The normalized spacial score (nSPS) is 16.0. The van der Waals surface area contributed by atoms with Gasteiger partial charge >= 0.3 is 12.1 Å². The lowest BCUT2D eigenvalue weighted by molar-refractivity contribution is -0.133. The topological polar surface area (TPSA) is 328 Å². The quantitative estimate of drug-likeness (QED) is 0.0178. The Morgan fingerprint density at radius 2 is 1.19 bits per heavy atom. The predicted molar refractivity (Wildman–Crippen MR) is 415 cm³/mol. The number of anilines is 3. The number of aliphatic imine (C=N–C) groups is 2. The summed E-state index contributed by atoms with van der Waals surface area (Å²) in [6.07, 6.45) is 10.4. The van der Waals surface area contributed by atoms with Gasteiger partial charge in [-0.3, -0.25) is 44.1 Å². The van der Waals surface area contributed by atoms with E-state index >= 15 is 0 Å². The van der Waals surface area contributed by atoms with E-state index in [0.717, 1.165) is 40.1 Å². The average molecular weight is 1500 g/mol. The summed E-state index contributed by atoms with van der Waals surface area (Å²) < 4.78 is 51.9. The van der Waals surface area contributed by atoms with Gasteiger partial charge in [0.15, 0.2) is 28.8 Å². The van der Waals surface area contributed by atoms with Crippen molar-refractivity contribution >= 4 is 99.5 Å². The first kappa shape index (κ1) is 79.4. The van der Waals surface area contributed by atoms with Crippen LogP contribution in [0.1, 0.15) is 111 Å². The summed E-state index contributed by atoms with van der Waals surface area (Å²) in [4.78, 5) is 119. The molecule has 0 saturated heterocycles. The Kier molecular flexibility index (Phi) is 27.4. The molecule has 5 aliphatic rings. The molecule has 8 amide bonds. The number of ketones is 1. The van der Waals surface area contributed by atoms with E-state index in [-0.39, 0.29) is 114 Å². The van der Waals surface area contributed by atoms with Crippen LogP contribution in [-0.4, -0.2) is 168 Å². The number of aryl methyl sites for hydroxylation is 1. The highest BCUT2D eigenvalue weighted by molar-refractivity contribution is 6.32. The highest BCUT2D eigenvalue weighted by atomic mass is 16.6. The molecule has 0 aromatic heterocycles. The number of hydrogen-bond acceptors (Lipinski definition) is 20. The zero-order valence-electron chi connectivity index (χ0n) is 62.9. The molecule has 110 heavy (non-hydrogen) atoms. The van der Waals surface area contributed by atoms with Crippen LogP contribution in [0.3, 0.4) is 0 Å². The number of rotatable bonds is 38. The number of nitrogens with two attached hydrogens (primary N) is 1. The number of Topliss-reactive ketones (excluding diaryl/α,β-unsaturated/α-hetero) is 1. The maximum Gasteiger partial charge on any atom is 0.411 e. The van der Waals surface area contributed by atoms with E-state index in [2.05, 4.69) is 63.6 Å². The molecule has 11 rings (SSSR count). The molecule has 0 bridgehead atoms. The number of methoxy groups -OCH3 is 2. The zero-order chi connectivity index (χ0) is 77.8. The fourth-order valence-corrected chi connectivity index (χ4v) is 13.2. The Labute approximate surface area is 639 Å². The standard InChI is InChI=1S/C83H94N10O17/c1-8-54-12-16-56(17-13-54)59-37-65-44-86-69-42-74(72(102-6)40-61(69)47-91(65)46-59)108-29-10-30-109-75-43-70-68(41-73(75)103-7)81(99)92-48-60(38-66(92)45-87-70)57-18-22-63(23-19-57)89-83(101)110-49-55-14-20-62(21-15-55)88-78(96)58(11-9-28-85-82(84)100)39-71(94)77(51(2)3)90-76(95)50-106-34-33-104-31-32-105-35-36-107-67-26-24-64(25-27-67)93-79(97)52(4)53(5)80(93)98/h12-27,40-46,48,51,58,65-66,77H,8-11,28-39,47,49-50H2,1-7H3,(H,88,96)(H,89,101)(H,90,95)(H3,84,85,100)/t58-,65+,66+,77+/m1/s1. The minimum absolute atomic E-state index is 0.0934. The molecule has 0 saturated carbocycles. The van der Waals surface area contributed by atoms with Gasteiger partial charge in [0.1, 0.15) is 25.6 Å². The number of nitrogens with one attached hydrogen (secondary N) is 4. The smallest absolute Gasteiger partial charge is 0.411 e. The number of carbonyl (C=O) groups is 8. The first-order valence-electron chi connectivity index (χ1n) is 36.9. The second-order valence-electron chi connectivity index (χ2n) is 27.4. The predicted octanol–water partition coefficient (Wildman–Crippen LogP) is 11.6. The third kappa shape index (κ3) is 20.6. The molecule has 6 aromatic rings. The molecular weight excluding hydrogens is 1410 g/mol. The Bertz CT molecular complexity index is 4470. The summed E-state index contributed by atoms with van der Waals surface area (Å²) in [6, 6.07) is 34.8. The van der Waals surface area contributed by atoms with Crippen molar-refractivity contribution in [3.63, 3.8) is 0 Å². The number of nitrogens with zero attached hydrogens (tertiary/aromatic N) is 5. The first-order chi connectivity index (χ1) is 53.2. The van der Waals surface area contributed by atoms with Crippen LogP contribution in [0.4, 0.5) is 38.0 Å². The van der Waals surface area contributed by atoms with E-state index < -0.39 is 35.9 Å². The Hall–Kier alpha value is -11.7. The van der Waals surface area contributed by atoms with Gasteiger partial charge in [-0.1, -0.05) is 69.3 Å². The number of amides is 8. The molecule has 5 heterocycles. The van der Waals surface area contributed by atoms with E-state index in [4.69, 9.17) is 58.4 Å². The number of carbonyl (C=O) groups excluding carboxylic acids is 8. The molecule has 0 unspecified atom stereocenters. The van der Waals surface area contributed by atoms with Gasteiger partial charge in [-0.25, -0.2) is 14.5 Å². The summed E-state index contributed by atoms with van der Waals surface area (Å²) in [5, 5.41) is 10.9. The van der Waals surface area contributed by atoms with Crippen molar-refractivity contribution in [1.29, 1.82) is 0 Å². The molecule has 0 aliphatic carbocycles. The zero-order valence-corrected chi connectivity index (χ0v) is 62.9. The maximum absolute atomic E-state index is 14.2. The average Bonchev–Trinajstić information content (AvgIpc) is 1.64. The van der Waals surface area contributed by atoms with Crippen molar-refractivity contribution in [2.24, 2.45) is 27.6 Å². The van der Waals surface area contributed by atoms with Gasteiger partial charge in [0.2, 0.25) is 11.8 Å². The van der Waals surface area contributed by atoms with E-state index in [1.54, 1.807) is 119 Å². The van der Waals surface area contributed by atoms with Crippen molar-refractivity contribution in [3.05, 3.63) is 178 Å². The second kappa shape index (κ2) is 37.9. The SMILES string of the molecule is CCc1ccc(C2=CN3Cc4cc(OC)c(OCCCOc5cc6c(cc5OC)C(=O)N5C=C(c7ccc(NC(=O)OCc8ccc(NC(=O)[C@H](CCCNC(N)=O)CC(=O)[C@@H](NC(=O)COCCOCCOCCOc9ccc(N%10C(=O)C(C)=C(C)C%10=O)cc9)C(C)C)cc8)cc7)C[C@H]5C=N6)cc4N=C[C@@H]3C2)cc1. The summed E-state index contributed by atoms with van der Waals surface area (Å²) >= 11 is 0. The van der Waals surface area contributed by atoms with Gasteiger partial charge in [-0.05, 0) is 140 Å². The van der Waals surface area contributed by atoms with Gasteiger partial charge in [0, 0.05) is 103 Å². The lowest BCUT2D eigenvalue weighted by atomic mass is 9.89. The Morgan fingerprint density at radius 1 is 0.609 bits per heavy atom. The number of fused-ring (bicyclic) bond motifs is 4. The van der Waals surface area contributed by atoms with Crippen molar-refractivity contribution in [3.8, 4) is 28.7 Å². The number of primary amides is 1. The molecule has 4 atom stereocenters. The molecule has 0 radical (unpaired) electrons. The van der Waals surface area contributed by atoms with E-state index in [1.807, 2.05) is 36.7 Å². The molecule has 27 nitrogen and oxygen atoms in total. The lowest BCUT2D eigenvalue weighted by Gasteiger charge is -2.24. The summed E-state index contributed by atoms with van der Waals surface area (Å²) in [5.74, 6) is -0.845. The second-order valence-corrected chi connectivity index (χ2v) is 27.4. The van der Waals surface area contributed by atoms with Gasteiger partial charge in [0.05, 0.1) is 101 Å². The molecular formula is C83H94N10O17. The number of urea groups is 1. The molecule has 5 aliphatic heterocycles. The molecule has 0 spiro atoms. The minimum Gasteiger partial charge on any atom is -0.493 e. The van der Waals surface area contributed by atoms with Gasteiger partial charge in [-0.15, -0.1) is 0 Å². The van der Waals surface area contributed by atoms with Crippen LogP contribution < -0.4 is 55.6 Å². The lowest BCUT2D eigenvalue weighted by Crippen LogP contribution is -2.47. The monoisotopic (exact) mass is 1500 g/mol. The van der Waals surface area contributed by atoms with E-state index in [0.29, 0.717) is 113 Å².